The molecule has 3 rings (SSSR count). The Balaban J connectivity index is 1.51. The molecule has 2 saturated heterocycles. The van der Waals surface area contributed by atoms with Crippen molar-refractivity contribution in [3.63, 3.8) is 0 Å². The second-order valence-corrected chi connectivity index (χ2v) is 6.20. The van der Waals surface area contributed by atoms with Crippen molar-refractivity contribution >= 4 is 0 Å². The van der Waals surface area contributed by atoms with Gasteiger partial charge in [0.15, 0.2) is 0 Å². The topological polar surface area (TPSA) is 24.5 Å². The number of benzene rings is 1. The normalized spacial score (nSPS) is 31.6. The largest absolute Gasteiger partial charge is 0.377 e. The summed E-state index contributed by atoms with van der Waals surface area (Å²) in [6, 6.07) is 12.0. The fourth-order valence-electron chi connectivity index (χ4n) is 3.43. The molecule has 0 amide bonds. The van der Waals surface area contributed by atoms with E-state index in [4.69, 9.17) is 4.74 Å². The van der Waals surface area contributed by atoms with Gasteiger partial charge in [-0.15, -0.1) is 0 Å². The highest BCUT2D eigenvalue weighted by molar-refractivity contribution is 5.14. The molecule has 1 aromatic carbocycles. The molecular formula is C17H26N2O. The third kappa shape index (κ3) is 3.60. The standard InChI is InChI=1S/C17H26N2O/c1-14-17(9-11-20-14)18-16-8-5-10-19(13-16)12-15-6-3-2-4-7-15/h2-4,6-7,14,16-18H,5,8-13H2,1H3. The number of rotatable bonds is 4. The van der Waals surface area contributed by atoms with Gasteiger partial charge in [-0.25, -0.2) is 0 Å². The molecule has 2 heterocycles. The zero-order valence-corrected chi connectivity index (χ0v) is 12.4. The average molecular weight is 274 g/mol. The van der Waals surface area contributed by atoms with E-state index in [9.17, 15) is 0 Å². The van der Waals surface area contributed by atoms with E-state index in [0.29, 0.717) is 18.2 Å². The van der Waals surface area contributed by atoms with Crippen molar-refractivity contribution in [1.82, 2.24) is 10.2 Å². The zero-order chi connectivity index (χ0) is 13.8. The van der Waals surface area contributed by atoms with Gasteiger partial charge in [-0.2, -0.15) is 0 Å². The number of nitrogens with one attached hydrogen (secondary N) is 1. The van der Waals surface area contributed by atoms with Crippen LogP contribution in [0, 0.1) is 0 Å². The van der Waals surface area contributed by atoms with Crippen molar-refractivity contribution < 1.29 is 4.74 Å². The number of hydrogen-bond acceptors (Lipinski definition) is 3. The molecule has 0 aliphatic carbocycles. The molecule has 2 aliphatic rings. The van der Waals surface area contributed by atoms with E-state index in [-0.39, 0.29) is 0 Å². The Kier molecular flexibility index (Phi) is 4.71. The minimum atomic E-state index is 0.375. The summed E-state index contributed by atoms with van der Waals surface area (Å²) in [5.74, 6) is 0. The highest BCUT2D eigenvalue weighted by Crippen LogP contribution is 2.18. The first kappa shape index (κ1) is 14.1. The van der Waals surface area contributed by atoms with Crippen LogP contribution in [0.15, 0.2) is 30.3 Å². The predicted molar refractivity (Wildman–Crippen MR) is 81.7 cm³/mol. The fourth-order valence-corrected chi connectivity index (χ4v) is 3.43. The second-order valence-electron chi connectivity index (χ2n) is 6.20. The van der Waals surface area contributed by atoms with Crippen LogP contribution in [-0.2, 0) is 11.3 Å². The van der Waals surface area contributed by atoms with Gasteiger partial charge < -0.3 is 10.1 Å². The lowest BCUT2D eigenvalue weighted by molar-refractivity contribution is 0.104. The lowest BCUT2D eigenvalue weighted by Crippen LogP contribution is -2.50. The van der Waals surface area contributed by atoms with Gasteiger partial charge in [-0.05, 0) is 38.3 Å². The van der Waals surface area contributed by atoms with Crippen LogP contribution in [0.4, 0.5) is 0 Å². The average Bonchev–Trinajstić information content (AvgIpc) is 2.86. The van der Waals surface area contributed by atoms with Crippen LogP contribution < -0.4 is 5.32 Å². The van der Waals surface area contributed by atoms with Crippen LogP contribution in [0.2, 0.25) is 0 Å². The van der Waals surface area contributed by atoms with Crippen LogP contribution in [-0.4, -0.2) is 42.8 Å². The van der Waals surface area contributed by atoms with Crippen molar-refractivity contribution in [2.45, 2.75) is 50.9 Å². The Bertz CT molecular complexity index is 409. The summed E-state index contributed by atoms with van der Waals surface area (Å²) in [4.78, 5) is 2.58. The smallest absolute Gasteiger partial charge is 0.0700 e. The predicted octanol–water partition coefficient (Wildman–Crippen LogP) is 2.42. The van der Waals surface area contributed by atoms with Gasteiger partial charge >= 0.3 is 0 Å². The van der Waals surface area contributed by atoms with Gasteiger partial charge in [0.1, 0.15) is 0 Å². The Hall–Kier alpha value is -0.900. The highest BCUT2D eigenvalue weighted by Gasteiger charge is 2.28. The molecule has 3 heteroatoms. The number of piperidine rings is 1. The molecule has 3 atom stereocenters. The Morgan fingerprint density at radius 3 is 2.85 bits per heavy atom. The maximum absolute atomic E-state index is 5.65. The van der Waals surface area contributed by atoms with Gasteiger partial charge in [-0.3, -0.25) is 4.90 Å². The van der Waals surface area contributed by atoms with E-state index in [2.05, 4.69) is 47.5 Å². The van der Waals surface area contributed by atoms with E-state index in [1.807, 2.05) is 0 Å². The monoisotopic (exact) mass is 274 g/mol. The molecule has 0 spiro atoms. The van der Waals surface area contributed by atoms with Crippen LogP contribution in [0.5, 0.6) is 0 Å². The van der Waals surface area contributed by atoms with Crippen molar-refractivity contribution in [2.24, 2.45) is 0 Å². The molecule has 3 nitrogen and oxygen atoms in total. The molecule has 1 N–H and O–H groups in total. The molecular weight excluding hydrogens is 248 g/mol. The Labute approximate surface area is 122 Å². The summed E-state index contributed by atoms with van der Waals surface area (Å²) < 4.78 is 5.65. The van der Waals surface area contributed by atoms with Gasteiger partial charge in [0, 0.05) is 31.8 Å². The molecule has 0 aromatic heterocycles. The molecule has 20 heavy (non-hydrogen) atoms. The SMILES string of the molecule is CC1OCCC1NC1CCCN(Cc2ccccc2)C1. The van der Waals surface area contributed by atoms with E-state index in [1.54, 1.807) is 0 Å². The fraction of sp³-hybridized carbons (Fsp3) is 0.647. The number of hydrogen-bond donors (Lipinski definition) is 1. The molecule has 3 unspecified atom stereocenters. The summed E-state index contributed by atoms with van der Waals surface area (Å²) >= 11 is 0. The van der Waals surface area contributed by atoms with E-state index in [0.717, 1.165) is 26.1 Å². The van der Waals surface area contributed by atoms with E-state index in [1.165, 1.54) is 24.9 Å². The minimum Gasteiger partial charge on any atom is -0.377 e. The lowest BCUT2D eigenvalue weighted by atomic mass is 10.0. The van der Waals surface area contributed by atoms with E-state index >= 15 is 0 Å². The van der Waals surface area contributed by atoms with Crippen molar-refractivity contribution in [3.05, 3.63) is 35.9 Å². The minimum absolute atomic E-state index is 0.375. The second kappa shape index (κ2) is 6.70. The van der Waals surface area contributed by atoms with E-state index < -0.39 is 0 Å². The maximum Gasteiger partial charge on any atom is 0.0700 e. The summed E-state index contributed by atoms with van der Waals surface area (Å²) in [5, 5.41) is 3.82. The lowest BCUT2D eigenvalue weighted by Gasteiger charge is -2.35. The summed E-state index contributed by atoms with van der Waals surface area (Å²) in [5.41, 5.74) is 1.42. The van der Waals surface area contributed by atoms with Crippen molar-refractivity contribution in [1.29, 1.82) is 0 Å². The first-order valence-electron chi connectivity index (χ1n) is 7.95. The van der Waals surface area contributed by atoms with Gasteiger partial charge in [0.25, 0.3) is 0 Å². The zero-order valence-electron chi connectivity index (χ0n) is 12.4. The molecule has 0 bridgehead atoms. The number of likely N-dealkylation sites (tertiary alicyclic amines) is 1. The highest BCUT2D eigenvalue weighted by atomic mass is 16.5. The quantitative estimate of drug-likeness (QED) is 0.912. The van der Waals surface area contributed by atoms with Crippen LogP contribution in [0.25, 0.3) is 0 Å². The molecule has 110 valence electrons. The van der Waals surface area contributed by atoms with Crippen LogP contribution >= 0.6 is 0 Å². The van der Waals surface area contributed by atoms with Gasteiger partial charge in [0.05, 0.1) is 6.10 Å². The third-order valence-corrected chi connectivity index (χ3v) is 4.58. The molecule has 2 aliphatic heterocycles. The third-order valence-electron chi connectivity index (χ3n) is 4.58. The molecule has 2 fully saturated rings. The summed E-state index contributed by atoms with van der Waals surface area (Å²) in [7, 11) is 0. The van der Waals surface area contributed by atoms with Gasteiger partial charge in [-0.1, -0.05) is 30.3 Å². The molecule has 0 radical (unpaired) electrons. The molecule has 1 aromatic rings. The van der Waals surface area contributed by atoms with Crippen LogP contribution in [0.1, 0.15) is 31.7 Å². The summed E-state index contributed by atoms with van der Waals surface area (Å²) in [6.07, 6.45) is 4.14. The number of nitrogens with zero attached hydrogens (tertiary/aromatic N) is 1. The van der Waals surface area contributed by atoms with Crippen molar-refractivity contribution in [3.8, 4) is 0 Å². The maximum atomic E-state index is 5.65. The molecule has 0 saturated carbocycles. The Morgan fingerprint density at radius 1 is 1.25 bits per heavy atom. The first-order valence-corrected chi connectivity index (χ1v) is 7.95. The Morgan fingerprint density at radius 2 is 2.10 bits per heavy atom. The summed E-state index contributed by atoms with van der Waals surface area (Å²) in [6.45, 7) is 6.58. The van der Waals surface area contributed by atoms with Crippen molar-refractivity contribution in [2.75, 3.05) is 19.7 Å². The number of ether oxygens (including phenoxy) is 1. The van der Waals surface area contributed by atoms with Crippen LogP contribution in [0.3, 0.4) is 0 Å². The van der Waals surface area contributed by atoms with Gasteiger partial charge in [0.2, 0.25) is 0 Å². The first-order chi connectivity index (χ1) is 9.81.